The summed E-state index contributed by atoms with van der Waals surface area (Å²) in [5, 5.41) is 2.62. The minimum Gasteiger partial charge on any atom is -0.748 e. The fourth-order valence-corrected chi connectivity index (χ4v) is 5.44. The van der Waals surface area contributed by atoms with Gasteiger partial charge in [0, 0.05) is 6.26 Å². The van der Waals surface area contributed by atoms with E-state index in [1.165, 1.54) is 29.0 Å². The Morgan fingerprint density at radius 3 is 0.905 bits per heavy atom. The molecule has 0 fully saturated rings. The van der Waals surface area contributed by atoms with E-state index in [1.54, 1.807) is 0 Å². The highest BCUT2D eigenvalue weighted by molar-refractivity contribution is 7.84. The molecule has 4 aromatic rings. The zero-order valence-electron chi connectivity index (χ0n) is 28.2. The van der Waals surface area contributed by atoms with Gasteiger partial charge < -0.3 is 4.55 Å². The molecule has 0 saturated carbocycles. The topological polar surface area (TPSA) is 57.2 Å². The van der Waals surface area contributed by atoms with Gasteiger partial charge in [-0.25, -0.2) is 8.42 Å². The molecule has 0 radical (unpaired) electrons. The first-order valence-electron chi connectivity index (χ1n) is 14.8. The Kier molecular flexibility index (Phi) is 21.4. The molecule has 0 amide bonds. The Bertz CT molecular complexity index is 1200. The smallest absolute Gasteiger partial charge is 0.357 e. The monoisotopic (exact) mass is 706 g/mol. The molecule has 0 aliphatic heterocycles. The van der Waals surface area contributed by atoms with Crippen LogP contribution in [0.5, 0.6) is 0 Å². The second kappa shape index (κ2) is 21.5. The van der Waals surface area contributed by atoms with Crippen LogP contribution < -0.4 is 21.2 Å². The summed E-state index contributed by atoms with van der Waals surface area (Å²) in [6.45, 7) is 25.6. The van der Waals surface area contributed by atoms with Crippen molar-refractivity contribution in [1.82, 2.24) is 0 Å². The summed E-state index contributed by atoms with van der Waals surface area (Å²) in [6, 6.07) is 35.1. The highest BCUT2D eigenvalue weighted by Crippen LogP contribution is 2.22. The number of fused-ring (bicyclic) bond motifs is 1. The standard InChI is InChI=1S/C20H26I.C10H8.3C2H6.CH4O3S/c1-19(2,3)15-7-11-17(12-8-15)21-18-13-9-16(10-14-18)20(4,5)6;1-2-6-10-8-4-3-7-9(10)5-1;3*1-2;1-5(2,3)4/h7-14H,1-6H3;1-8H;3*1-2H3;1H3,(H,2,3,4)/q+1;;;;;/p-1. The third-order valence-corrected chi connectivity index (χ3v) is 7.98. The third kappa shape index (κ3) is 19.1. The highest BCUT2D eigenvalue weighted by atomic mass is 127. The summed E-state index contributed by atoms with van der Waals surface area (Å²) >= 11 is -0.0703. The van der Waals surface area contributed by atoms with Crippen LogP contribution in [0.3, 0.4) is 0 Å². The summed E-state index contributed by atoms with van der Waals surface area (Å²) in [7, 11) is -3.92. The van der Waals surface area contributed by atoms with Crippen molar-refractivity contribution >= 4 is 20.9 Å². The van der Waals surface area contributed by atoms with Crippen molar-refractivity contribution in [3.05, 3.63) is 115 Å². The van der Waals surface area contributed by atoms with Gasteiger partial charge >= 0.3 is 21.2 Å². The van der Waals surface area contributed by atoms with Crippen LogP contribution >= 0.6 is 0 Å². The van der Waals surface area contributed by atoms with E-state index in [-0.39, 0.29) is 32.0 Å². The molecule has 0 heterocycles. The molecular formula is C37H55IO3S. The van der Waals surface area contributed by atoms with Crippen LogP contribution in [0.1, 0.15) is 94.2 Å². The van der Waals surface area contributed by atoms with Crippen molar-refractivity contribution in [2.24, 2.45) is 0 Å². The van der Waals surface area contributed by atoms with Gasteiger partial charge in [0.1, 0.15) is 0 Å². The Balaban J connectivity index is 0. The van der Waals surface area contributed by atoms with Crippen LogP contribution in [-0.2, 0) is 20.9 Å². The molecule has 0 spiro atoms. The maximum atomic E-state index is 9.08. The van der Waals surface area contributed by atoms with Crippen LogP contribution in [0.15, 0.2) is 97.1 Å². The number of rotatable bonds is 2. The van der Waals surface area contributed by atoms with Gasteiger partial charge in [0.2, 0.25) is 0 Å². The Labute approximate surface area is 269 Å². The molecule has 3 nitrogen and oxygen atoms in total. The van der Waals surface area contributed by atoms with Crippen LogP contribution in [-0.4, -0.2) is 19.2 Å². The maximum Gasteiger partial charge on any atom is 0.357 e. The molecule has 0 atom stereocenters. The lowest BCUT2D eigenvalue weighted by Crippen LogP contribution is -3.61. The minimum atomic E-state index is -3.92. The third-order valence-electron chi connectivity index (χ3n) is 5.30. The molecule has 234 valence electrons. The lowest BCUT2D eigenvalue weighted by Gasteiger charge is -2.18. The summed E-state index contributed by atoms with van der Waals surface area (Å²) in [4.78, 5) is 0. The number of hydrogen-bond acceptors (Lipinski definition) is 3. The molecule has 0 aliphatic carbocycles. The number of hydrogen-bond donors (Lipinski definition) is 0. The predicted octanol–water partition coefficient (Wildman–Crippen LogP) is 7.49. The van der Waals surface area contributed by atoms with Crippen molar-refractivity contribution in [3.63, 3.8) is 0 Å². The van der Waals surface area contributed by atoms with E-state index >= 15 is 0 Å². The Hall–Kier alpha value is -2.22. The van der Waals surface area contributed by atoms with E-state index in [0.29, 0.717) is 6.26 Å². The molecule has 0 N–H and O–H groups in total. The van der Waals surface area contributed by atoms with E-state index < -0.39 is 10.1 Å². The Morgan fingerprint density at radius 1 is 0.500 bits per heavy atom. The lowest BCUT2D eigenvalue weighted by atomic mass is 9.87. The fourth-order valence-electron chi connectivity index (χ4n) is 3.28. The minimum absolute atomic E-state index is 0.0703. The molecular weight excluding hydrogens is 651 g/mol. The number of benzene rings is 4. The van der Waals surface area contributed by atoms with Gasteiger partial charge in [-0.2, -0.15) is 0 Å². The second-order valence-electron chi connectivity index (χ2n) is 10.7. The van der Waals surface area contributed by atoms with Crippen molar-refractivity contribution in [2.45, 2.75) is 93.9 Å². The zero-order valence-corrected chi connectivity index (χ0v) is 31.2. The number of halogens is 1. The van der Waals surface area contributed by atoms with Crippen LogP contribution in [0.2, 0.25) is 0 Å². The van der Waals surface area contributed by atoms with Gasteiger partial charge in [0.05, 0.1) is 10.1 Å². The summed E-state index contributed by atoms with van der Waals surface area (Å²) in [5.74, 6) is 0. The van der Waals surface area contributed by atoms with Gasteiger partial charge in [-0.05, 0) is 57.0 Å². The Morgan fingerprint density at radius 2 is 0.714 bits per heavy atom. The summed E-state index contributed by atoms with van der Waals surface area (Å²) in [5.41, 5.74) is 3.31. The maximum absolute atomic E-state index is 9.08. The van der Waals surface area contributed by atoms with E-state index in [2.05, 4.69) is 139 Å². The molecule has 42 heavy (non-hydrogen) atoms. The van der Waals surface area contributed by atoms with Gasteiger partial charge in [0.25, 0.3) is 0 Å². The highest BCUT2D eigenvalue weighted by Gasteiger charge is 2.20. The molecule has 0 unspecified atom stereocenters. The fraction of sp³-hybridized carbons (Fsp3) is 0.405. The van der Waals surface area contributed by atoms with E-state index in [9.17, 15) is 0 Å². The van der Waals surface area contributed by atoms with Crippen LogP contribution in [0, 0.1) is 7.14 Å². The predicted molar refractivity (Wildman–Crippen MR) is 181 cm³/mol. The quantitative estimate of drug-likeness (QED) is 0.160. The van der Waals surface area contributed by atoms with Gasteiger partial charge in [-0.3, -0.25) is 0 Å². The first-order chi connectivity index (χ1) is 19.6. The van der Waals surface area contributed by atoms with Crippen molar-refractivity contribution in [2.75, 3.05) is 6.26 Å². The molecule has 5 heteroatoms. The van der Waals surface area contributed by atoms with E-state index in [1.807, 2.05) is 41.5 Å². The average Bonchev–Trinajstić information content (AvgIpc) is 2.95. The van der Waals surface area contributed by atoms with Crippen molar-refractivity contribution in [1.29, 1.82) is 0 Å². The molecule has 0 bridgehead atoms. The zero-order chi connectivity index (χ0) is 33.0. The SMILES string of the molecule is CC.CC.CC.CC(C)(C)c1ccc([I+]c2ccc(C(C)(C)C)cc2)cc1.CS(=O)(=O)[O-].c1ccc2ccccc2c1. The average molecular weight is 707 g/mol. The van der Waals surface area contributed by atoms with Gasteiger partial charge in [-0.1, -0.05) is 156 Å². The van der Waals surface area contributed by atoms with E-state index in [4.69, 9.17) is 13.0 Å². The van der Waals surface area contributed by atoms with Crippen LogP contribution in [0.4, 0.5) is 0 Å². The van der Waals surface area contributed by atoms with Gasteiger partial charge in [-0.15, -0.1) is 0 Å². The first-order valence-corrected chi connectivity index (χ1v) is 18.8. The van der Waals surface area contributed by atoms with E-state index in [0.717, 1.165) is 0 Å². The van der Waals surface area contributed by atoms with Crippen LogP contribution in [0.25, 0.3) is 10.8 Å². The first kappa shape index (κ1) is 41.9. The largest absolute Gasteiger partial charge is 0.748 e. The molecule has 0 aromatic heterocycles. The van der Waals surface area contributed by atoms with Crippen molar-refractivity contribution < 1.29 is 34.2 Å². The second-order valence-corrected chi connectivity index (χ2v) is 15.1. The molecule has 4 aromatic carbocycles. The lowest BCUT2D eigenvalue weighted by molar-refractivity contribution is -0.597. The molecule has 0 aliphatic rings. The van der Waals surface area contributed by atoms with Gasteiger partial charge in [0.15, 0.2) is 7.14 Å². The summed E-state index contributed by atoms with van der Waals surface area (Å²) in [6.07, 6.45) is 0.604. The normalized spacial score (nSPS) is 10.4. The summed E-state index contributed by atoms with van der Waals surface area (Å²) < 4.78 is 30.2. The van der Waals surface area contributed by atoms with Crippen molar-refractivity contribution in [3.8, 4) is 0 Å². The molecule has 0 saturated heterocycles. The molecule has 4 rings (SSSR count).